The van der Waals surface area contributed by atoms with E-state index >= 15 is 0 Å². The Labute approximate surface area is 151 Å². The van der Waals surface area contributed by atoms with Gasteiger partial charge in [0.1, 0.15) is 5.52 Å². The monoisotopic (exact) mass is 348 g/mol. The molecule has 5 rings (SSSR count). The number of benzene rings is 2. The van der Waals surface area contributed by atoms with Crippen molar-refractivity contribution in [3.63, 3.8) is 0 Å². The SMILES string of the molecule is O=C(c1cccc2c1COC2)N1CCC(c2nc3ccccc3o2)CC1. The van der Waals surface area contributed by atoms with Crippen LogP contribution in [0.2, 0.25) is 0 Å². The lowest BCUT2D eigenvalue weighted by Crippen LogP contribution is -2.38. The number of amides is 1. The number of oxazole rings is 1. The fourth-order valence-corrected chi connectivity index (χ4v) is 3.97. The van der Waals surface area contributed by atoms with E-state index in [0.29, 0.717) is 13.2 Å². The van der Waals surface area contributed by atoms with Crippen LogP contribution in [0.5, 0.6) is 0 Å². The van der Waals surface area contributed by atoms with Gasteiger partial charge in [-0.25, -0.2) is 4.98 Å². The molecule has 5 nitrogen and oxygen atoms in total. The van der Waals surface area contributed by atoms with Gasteiger partial charge in [0.15, 0.2) is 11.5 Å². The molecule has 26 heavy (non-hydrogen) atoms. The van der Waals surface area contributed by atoms with Crippen molar-refractivity contribution in [3.05, 3.63) is 65.0 Å². The smallest absolute Gasteiger partial charge is 0.254 e. The molecule has 0 aliphatic carbocycles. The minimum absolute atomic E-state index is 0.114. The van der Waals surface area contributed by atoms with Crippen LogP contribution < -0.4 is 0 Å². The van der Waals surface area contributed by atoms with Gasteiger partial charge < -0.3 is 14.1 Å². The molecule has 1 saturated heterocycles. The molecule has 2 aliphatic rings. The number of nitrogens with zero attached hydrogens (tertiary/aromatic N) is 2. The number of ether oxygens (including phenoxy) is 1. The van der Waals surface area contributed by atoms with Gasteiger partial charge in [-0.05, 0) is 42.2 Å². The summed E-state index contributed by atoms with van der Waals surface area (Å²) in [5.41, 5.74) is 4.72. The molecular weight excluding hydrogens is 328 g/mol. The van der Waals surface area contributed by atoms with Crippen molar-refractivity contribution < 1.29 is 13.9 Å². The topological polar surface area (TPSA) is 55.6 Å². The summed E-state index contributed by atoms with van der Waals surface area (Å²) in [7, 11) is 0. The van der Waals surface area contributed by atoms with Crippen molar-refractivity contribution in [2.24, 2.45) is 0 Å². The van der Waals surface area contributed by atoms with E-state index < -0.39 is 0 Å². The molecule has 5 heteroatoms. The van der Waals surface area contributed by atoms with E-state index in [9.17, 15) is 4.79 Å². The van der Waals surface area contributed by atoms with Crippen molar-refractivity contribution >= 4 is 17.0 Å². The molecule has 0 saturated carbocycles. The molecule has 0 radical (unpaired) electrons. The maximum atomic E-state index is 13.0. The van der Waals surface area contributed by atoms with Gasteiger partial charge in [0.2, 0.25) is 0 Å². The number of carbonyl (C=O) groups excluding carboxylic acids is 1. The summed E-state index contributed by atoms with van der Waals surface area (Å²) in [5.74, 6) is 1.19. The maximum Gasteiger partial charge on any atom is 0.254 e. The van der Waals surface area contributed by atoms with E-state index in [1.165, 1.54) is 0 Å². The van der Waals surface area contributed by atoms with E-state index in [-0.39, 0.29) is 11.8 Å². The molecule has 1 fully saturated rings. The lowest BCUT2D eigenvalue weighted by atomic mass is 9.95. The second-order valence-electron chi connectivity index (χ2n) is 7.02. The number of carbonyl (C=O) groups is 1. The molecule has 0 bridgehead atoms. The van der Waals surface area contributed by atoms with Gasteiger partial charge in [-0.3, -0.25) is 4.79 Å². The van der Waals surface area contributed by atoms with E-state index in [1.807, 2.05) is 47.4 Å². The van der Waals surface area contributed by atoms with Crippen LogP contribution in [-0.4, -0.2) is 28.9 Å². The Kier molecular flexibility index (Phi) is 3.75. The van der Waals surface area contributed by atoms with E-state index in [1.54, 1.807) is 0 Å². The number of aromatic nitrogens is 1. The van der Waals surface area contributed by atoms with Crippen LogP contribution in [-0.2, 0) is 18.0 Å². The zero-order valence-corrected chi connectivity index (χ0v) is 14.5. The Hall–Kier alpha value is -2.66. The van der Waals surface area contributed by atoms with Gasteiger partial charge in [0.25, 0.3) is 5.91 Å². The number of likely N-dealkylation sites (tertiary alicyclic amines) is 1. The summed E-state index contributed by atoms with van der Waals surface area (Å²) in [6.45, 7) is 2.60. The Morgan fingerprint density at radius 3 is 2.73 bits per heavy atom. The predicted molar refractivity (Wildman–Crippen MR) is 96.8 cm³/mol. The average molecular weight is 348 g/mol. The van der Waals surface area contributed by atoms with Gasteiger partial charge in [-0.2, -0.15) is 0 Å². The highest BCUT2D eigenvalue weighted by Gasteiger charge is 2.29. The highest BCUT2D eigenvalue weighted by Crippen LogP contribution is 2.31. The van der Waals surface area contributed by atoms with Crippen LogP contribution in [0.4, 0.5) is 0 Å². The Balaban J connectivity index is 1.31. The van der Waals surface area contributed by atoms with Gasteiger partial charge in [-0.1, -0.05) is 24.3 Å². The molecule has 3 aromatic rings. The van der Waals surface area contributed by atoms with Gasteiger partial charge in [0.05, 0.1) is 13.2 Å². The number of fused-ring (bicyclic) bond motifs is 2. The van der Waals surface area contributed by atoms with E-state index in [4.69, 9.17) is 9.15 Å². The van der Waals surface area contributed by atoms with Crippen LogP contribution in [0, 0.1) is 0 Å². The molecule has 0 spiro atoms. The molecule has 1 amide bonds. The maximum absolute atomic E-state index is 13.0. The first-order valence-corrected chi connectivity index (χ1v) is 9.13. The van der Waals surface area contributed by atoms with Gasteiger partial charge in [0, 0.05) is 24.6 Å². The highest BCUT2D eigenvalue weighted by molar-refractivity contribution is 5.96. The first kappa shape index (κ1) is 15.6. The lowest BCUT2D eigenvalue weighted by Gasteiger charge is -2.31. The largest absolute Gasteiger partial charge is 0.440 e. The van der Waals surface area contributed by atoms with Crippen LogP contribution >= 0.6 is 0 Å². The quantitative estimate of drug-likeness (QED) is 0.705. The molecule has 2 aromatic carbocycles. The zero-order chi connectivity index (χ0) is 17.5. The fraction of sp³-hybridized carbons (Fsp3) is 0.333. The molecule has 132 valence electrons. The molecule has 0 N–H and O–H groups in total. The average Bonchev–Trinajstić information content (AvgIpc) is 3.34. The first-order valence-electron chi connectivity index (χ1n) is 9.13. The second kappa shape index (κ2) is 6.25. The summed E-state index contributed by atoms with van der Waals surface area (Å²) in [5, 5.41) is 0. The predicted octanol–water partition coefficient (Wildman–Crippen LogP) is 3.88. The normalized spacial score (nSPS) is 17.6. The summed E-state index contributed by atoms with van der Waals surface area (Å²) >= 11 is 0. The van der Waals surface area contributed by atoms with Crippen molar-refractivity contribution in [1.29, 1.82) is 0 Å². The lowest BCUT2D eigenvalue weighted by molar-refractivity contribution is 0.0702. The third-order valence-electron chi connectivity index (χ3n) is 5.45. The Bertz CT molecular complexity index is 937. The standard InChI is InChI=1S/C21H20N2O3/c24-21(16-5-3-4-15-12-25-13-17(15)16)23-10-8-14(9-11-23)20-22-18-6-1-2-7-19(18)26-20/h1-7,14H,8-13H2. The van der Waals surface area contributed by atoms with Gasteiger partial charge >= 0.3 is 0 Å². The Morgan fingerprint density at radius 2 is 1.88 bits per heavy atom. The van der Waals surface area contributed by atoms with E-state index in [0.717, 1.165) is 59.6 Å². The van der Waals surface area contributed by atoms with Crippen molar-refractivity contribution in [2.75, 3.05) is 13.1 Å². The van der Waals surface area contributed by atoms with E-state index in [2.05, 4.69) is 4.98 Å². The highest BCUT2D eigenvalue weighted by atomic mass is 16.5. The second-order valence-corrected chi connectivity index (χ2v) is 7.02. The molecule has 3 heterocycles. The fourth-order valence-electron chi connectivity index (χ4n) is 3.97. The van der Waals surface area contributed by atoms with Crippen LogP contribution in [0.1, 0.15) is 46.1 Å². The third-order valence-corrected chi connectivity index (χ3v) is 5.45. The minimum atomic E-state index is 0.114. The van der Waals surface area contributed by atoms with Crippen molar-refractivity contribution in [3.8, 4) is 0 Å². The third kappa shape index (κ3) is 2.59. The molecule has 0 atom stereocenters. The number of hydrogen-bond acceptors (Lipinski definition) is 4. The first-order chi connectivity index (χ1) is 12.8. The summed E-state index contributed by atoms with van der Waals surface area (Å²) in [6.07, 6.45) is 1.76. The summed E-state index contributed by atoms with van der Waals surface area (Å²) < 4.78 is 11.4. The van der Waals surface area contributed by atoms with Crippen LogP contribution in [0.3, 0.4) is 0 Å². The summed E-state index contributed by atoms with van der Waals surface area (Å²) in [4.78, 5) is 19.6. The number of rotatable bonds is 2. The molecular formula is C21H20N2O3. The van der Waals surface area contributed by atoms with Crippen LogP contribution in [0.15, 0.2) is 46.9 Å². The van der Waals surface area contributed by atoms with Gasteiger partial charge in [-0.15, -0.1) is 0 Å². The molecule has 2 aliphatic heterocycles. The van der Waals surface area contributed by atoms with Crippen molar-refractivity contribution in [2.45, 2.75) is 32.0 Å². The molecule has 1 aromatic heterocycles. The number of piperidine rings is 1. The Morgan fingerprint density at radius 1 is 1.04 bits per heavy atom. The number of hydrogen-bond donors (Lipinski definition) is 0. The van der Waals surface area contributed by atoms with Crippen molar-refractivity contribution in [1.82, 2.24) is 9.88 Å². The van der Waals surface area contributed by atoms with Crippen LogP contribution in [0.25, 0.3) is 11.1 Å². The summed E-state index contributed by atoms with van der Waals surface area (Å²) in [6, 6.07) is 13.8. The zero-order valence-electron chi connectivity index (χ0n) is 14.5. The number of para-hydroxylation sites is 2. The minimum Gasteiger partial charge on any atom is -0.440 e. The molecule has 0 unspecified atom stereocenters.